The van der Waals surface area contributed by atoms with Gasteiger partial charge in [0.1, 0.15) is 0 Å². The molecule has 0 radical (unpaired) electrons. The zero-order valence-electron chi connectivity index (χ0n) is 8.24. The molecule has 1 N–H and O–H groups in total. The molecule has 0 aromatic carbocycles. The lowest BCUT2D eigenvalue weighted by atomic mass is 9.76. The molecule has 0 saturated heterocycles. The zero-order valence-corrected chi connectivity index (χ0v) is 8.24. The first-order valence-corrected chi connectivity index (χ1v) is 5.03. The molecule has 2 nitrogen and oxygen atoms in total. The number of pyridine rings is 1. The van der Waals surface area contributed by atoms with E-state index in [1.165, 1.54) is 0 Å². The van der Waals surface area contributed by atoms with Crippen molar-refractivity contribution in [2.75, 3.05) is 0 Å². The van der Waals surface area contributed by atoms with Gasteiger partial charge in [-0.05, 0) is 18.1 Å². The van der Waals surface area contributed by atoms with Crippen molar-refractivity contribution in [2.45, 2.75) is 31.3 Å². The van der Waals surface area contributed by atoms with Gasteiger partial charge in [-0.1, -0.05) is 6.07 Å². The lowest BCUT2D eigenvalue weighted by molar-refractivity contribution is -0.140. The van der Waals surface area contributed by atoms with E-state index in [1.54, 1.807) is 18.3 Å². The molecule has 1 atom stereocenters. The highest BCUT2D eigenvalue weighted by Crippen LogP contribution is 2.44. The van der Waals surface area contributed by atoms with Gasteiger partial charge in [0.15, 0.2) is 0 Å². The molecule has 0 spiro atoms. The number of hydrogen-bond donors (Lipinski definition) is 1. The summed E-state index contributed by atoms with van der Waals surface area (Å²) < 4.78 is 25.1. The van der Waals surface area contributed by atoms with Crippen LogP contribution in [0.2, 0.25) is 0 Å². The van der Waals surface area contributed by atoms with Gasteiger partial charge >= 0.3 is 0 Å². The zero-order chi connectivity index (χ0) is 10.9. The highest BCUT2D eigenvalue weighted by molar-refractivity contribution is 5.06. The molecule has 1 aliphatic carbocycles. The van der Waals surface area contributed by atoms with Crippen LogP contribution in [0.5, 0.6) is 0 Å². The molecule has 0 aliphatic heterocycles. The fourth-order valence-corrected chi connectivity index (χ4v) is 1.88. The van der Waals surface area contributed by atoms with E-state index >= 15 is 0 Å². The number of alkyl halides is 2. The fraction of sp³-hybridized carbons (Fsp3) is 0.545. The molecule has 1 aromatic rings. The topological polar surface area (TPSA) is 33.1 Å². The summed E-state index contributed by atoms with van der Waals surface area (Å²) in [5.41, 5.74) is 0.750. The van der Waals surface area contributed by atoms with E-state index in [9.17, 15) is 13.9 Å². The standard InChI is InChI=1S/C11H13F2NO/c12-11(13)6-8(7-11)10(15)5-9-3-1-2-4-14-9/h1-4,8,10,15H,5-7H2. The number of halogens is 2. The first-order valence-electron chi connectivity index (χ1n) is 5.03. The van der Waals surface area contributed by atoms with Crippen LogP contribution in [0.4, 0.5) is 8.78 Å². The Morgan fingerprint density at radius 2 is 2.20 bits per heavy atom. The minimum atomic E-state index is -2.56. The highest BCUT2D eigenvalue weighted by atomic mass is 19.3. The summed E-state index contributed by atoms with van der Waals surface area (Å²) in [6.45, 7) is 0. The van der Waals surface area contributed by atoms with Crippen molar-refractivity contribution in [3.63, 3.8) is 0 Å². The van der Waals surface area contributed by atoms with Crippen LogP contribution in [-0.4, -0.2) is 22.1 Å². The predicted octanol–water partition coefficient (Wildman–Crippen LogP) is 2.03. The number of aliphatic hydroxyl groups excluding tert-OH is 1. The van der Waals surface area contributed by atoms with E-state index in [0.29, 0.717) is 6.42 Å². The summed E-state index contributed by atoms with van der Waals surface area (Å²) in [6.07, 6.45) is 0.917. The first-order chi connectivity index (χ1) is 7.07. The van der Waals surface area contributed by atoms with Gasteiger partial charge in [-0.2, -0.15) is 0 Å². The molecule has 15 heavy (non-hydrogen) atoms. The number of aromatic nitrogens is 1. The predicted molar refractivity (Wildman–Crippen MR) is 51.6 cm³/mol. The third-order valence-corrected chi connectivity index (χ3v) is 2.81. The summed E-state index contributed by atoms with van der Waals surface area (Å²) in [5, 5.41) is 9.68. The molecule has 1 aliphatic rings. The van der Waals surface area contributed by atoms with Crippen LogP contribution in [0.25, 0.3) is 0 Å². The molecule has 4 heteroatoms. The first kappa shape index (κ1) is 10.5. The van der Waals surface area contributed by atoms with Crippen LogP contribution >= 0.6 is 0 Å². The van der Waals surface area contributed by atoms with Crippen LogP contribution in [0.3, 0.4) is 0 Å². The second kappa shape index (κ2) is 3.85. The maximum atomic E-state index is 12.6. The monoisotopic (exact) mass is 213 g/mol. The number of rotatable bonds is 3. The van der Waals surface area contributed by atoms with Gasteiger partial charge in [-0.15, -0.1) is 0 Å². The minimum Gasteiger partial charge on any atom is -0.392 e. The molecular weight excluding hydrogens is 200 g/mol. The van der Waals surface area contributed by atoms with Gasteiger partial charge in [0.25, 0.3) is 0 Å². The van der Waals surface area contributed by atoms with Gasteiger partial charge in [0.05, 0.1) is 6.10 Å². The summed E-state index contributed by atoms with van der Waals surface area (Å²) >= 11 is 0. The lowest BCUT2D eigenvalue weighted by Gasteiger charge is -2.37. The van der Waals surface area contributed by atoms with Gasteiger partial charge in [0.2, 0.25) is 5.92 Å². The molecule has 82 valence electrons. The second-order valence-electron chi connectivity index (χ2n) is 4.12. The molecule has 1 aromatic heterocycles. The number of aliphatic hydroxyl groups is 1. The lowest BCUT2D eigenvalue weighted by Crippen LogP contribution is -2.42. The molecule has 1 heterocycles. The molecule has 0 amide bonds. The highest BCUT2D eigenvalue weighted by Gasteiger charge is 2.48. The molecule has 0 bridgehead atoms. The van der Waals surface area contributed by atoms with Crippen molar-refractivity contribution in [3.05, 3.63) is 30.1 Å². The van der Waals surface area contributed by atoms with Gasteiger partial charge < -0.3 is 5.11 Å². The summed E-state index contributed by atoms with van der Waals surface area (Å²) in [7, 11) is 0. The maximum absolute atomic E-state index is 12.6. The molecule has 1 fully saturated rings. The fourth-order valence-electron chi connectivity index (χ4n) is 1.88. The van der Waals surface area contributed by atoms with E-state index in [-0.39, 0.29) is 18.8 Å². The molecule has 1 unspecified atom stereocenters. The van der Waals surface area contributed by atoms with Crippen molar-refractivity contribution in [2.24, 2.45) is 5.92 Å². The normalized spacial score (nSPS) is 22.1. The Balaban J connectivity index is 1.86. The van der Waals surface area contributed by atoms with E-state index < -0.39 is 12.0 Å². The van der Waals surface area contributed by atoms with Gasteiger partial charge in [-0.25, -0.2) is 8.78 Å². The van der Waals surface area contributed by atoms with Crippen molar-refractivity contribution in [3.8, 4) is 0 Å². The second-order valence-corrected chi connectivity index (χ2v) is 4.12. The van der Waals surface area contributed by atoms with Gasteiger partial charge in [0, 0.05) is 31.2 Å². The van der Waals surface area contributed by atoms with Crippen molar-refractivity contribution in [1.29, 1.82) is 0 Å². The van der Waals surface area contributed by atoms with Crippen molar-refractivity contribution >= 4 is 0 Å². The number of nitrogens with zero attached hydrogens (tertiary/aromatic N) is 1. The Bertz CT molecular complexity index is 321. The van der Waals surface area contributed by atoms with Crippen LogP contribution in [0.1, 0.15) is 18.5 Å². The minimum absolute atomic E-state index is 0.193. The van der Waals surface area contributed by atoms with E-state index in [2.05, 4.69) is 4.98 Å². The summed E-state index contributed by atoms with van der Waals surface area (Å²) in [6, 6.07) is 5.40. The van der Waals surface area contributed by atoms with Gasteiger partial charge in [-0.3, -0.25) is 4.98 Å². The molecule has 2 rings (SSSR count). The Morgan fingerprint density at radius 1 is 1.47 bits per heavy atom. The smallest absolute Gasteiger partial charge is 0.248 e. The Labute approximate surface area is 87.0 Å². The largest absolute Gasteiger partial charge is 0.392 e. The van der Waals surface area contributed by atoms with Crippen LogP contribution < -0.4 is 0 Å². The van der Waals surface area contributed by atoms with E-state index in [4.69, 9.17) is 0 Å². The maximum Gasteiger partial charge on any atom is 0.248 e. The summed E-state index contributed by atoms with van der Waals surface area (Å²) in [5.74, 6) is -2.84. The van der Waals surface area contributed by atoms with E-state index in [0.717, 1.165) is 5.69 Å². The van der Waals surface area contributed by atoms with Crippen LogP contribution in [0.15, 0.2) is 24.4 Å². The third-order valence-electron chi connectivity index (χ3n) is 2.81. The molecular formula is C11H13F2NO. The third kappa shape index (κ3) is 2.50. The Hall–Kier alpha value is -1.03. The quantitative estimate of drug-likeness (QED) is 0.833. The average Bonchev–Trinajstić information content (AvgIpc) is 2.15. The Morgan fingerprint density at radius 3 is 2.73 bits per heavy atom. The molecule has 1 saturated carbocycles. The van der Waals surface area contributed by atoms with Crippen molar-refractivity contribution < 1.29 is 13.9 Å². The SMILES string of the molecule is OC(Cc1ccccn1)C1CC(F)(F)C1. The average molecular weight is 213 g/mol. The number of hydrogen-bond acceptors (Lipinski definition) is 2. The van der Waals surface area contributed by atoms with Crippen molar-refractivity contribution in [1.82, 2.24) is 4.98 Å². The van der Waals surface area contributed by atoms with Crippen LogP contribution in [-0.2, 0) is 6.42 Å². The summed E-state index contributed by atoms with van der Waals surface area (Å²) in [4.78, 5) is 4.05. The Kier molecular flexibility index (Phi) is 2.69. The van der Waals surface area contributed by atoms with E-state index in [1.807, 2.05) is 6.07 Å². The van der Waals surface area contributed by atoms with Crippen LogP contribution in [0, 0.1) is 5.92 Å².